The predicted octanol–water partition coefficient (Wildman–Crippen LogP) is 3.28. The number of nitro groups is 1. The number of benzene rings is 1. The molecule has 0 amide bonds. The number of rotatable bonds is 4. The van der Waals surface area contributed by atoms with E-state index in [1.807, 2.05) is 33.8 Å². The van der Waals surface area contributed by atoms with E-state index in [4.69, 9.17) is 4.84 Å². The third-order valence-corrected chi connectivity index (χ3v) is 3.99. The van der Waals surface area contributed by atoms with Crippen molar-refractivity contribution in [3.8, 4) is 0 Å². The summed E-state index contributed by atoms with van der Waals surface area (Å²) in [6.07, 6.45) is 1.50. The van der Waals surface area contributed by atoms with Gasteiger partial charge in [0, 0.05) is 25.2 Å². The lowest BCUT2D eigenvalue weighted by atomic mass is 9.98. The molecule has 132 valence electrons. The molecule has 1 heterocycles. The monoisotopic (exact) mass is 335 g/mol. The van der Waals surface area contributed by atoms with Gasteiger partial charge in [-0.15, -0.1) is 5.06 Å². The van der Waals surface area contributed by atoms with E-state index in [2.05, 4.69) is 5.32 Å². The minimum atomic E-state index is -0.530. The van der Waals surface area contributed by atoms with Gasteiger partial charge in [0.05, 0.1) is 10.3 Å². The van der Waals surface area contributed by atoms with Crippen LogP contribution in [0.2, 0.25) is 0 Å². The number of hydrogen-bond donors (Lipinski definition) is 1. The fourth-order valence-electron chi connectivity index (χ4n) is 2.48. The summed E-state index contributed by atoms with van der Waals surface area (Å²) in [5, 5.41) is 16.1. The molecule has 0 unspecified atom stereocenters. The number of nitrogens with zero attached hydrogens (tertiary/aromatic N) is 2. The van der Waals surface area contributed by atoms with Crippen LogP contribution in [0, 0.1) is 22.5 Å². The van der Waals surface area contributed by atoms with Gasteiger partial charge in [-0.05, 0) is 52.2 Å². The standard InChI is InChI=1S/C17H25N3O4/c1-12-5-6-14(15(11-12)20(22)23)18-13-7-9-19(10-8-13)24-16(21)17(2,3)4/h5-6,11,13,18H,7-10H2,1-4H3. The number of piperidine rings is 1. The van der Waals surface area contributed by atoms with E-state index in [9.17, 15) is 14.9 Å². The summed E-state index contributed by atoms with van der Waals surface area (Å²) < 4.78 is 0. The maximum atomic E-state index is 11.9. The van der Waals surface area contributed by atoms with Crippen molar-refractivity contribution in [1.29, 1.82) is 0 Å². The second-order valence-electron chi connectivity index (χ2n) is 7.25. The predicted molar refractivity (Wildman–Crippen MR) is 91.6 cm³/mol. The van der Waals surface area contributed by atoms with E-state index < -0.39 is 5.41 Å². The van der Waals surface area contributed by atoms with Gasteiger partial charge in [0.25, 0.3) is 5.69 Å². The van der Waals surface area contributed by atoms with Crippen LogP contribution in [0.4, 0.5) is 11.4 Å². The molecule has 1 aliphatic heterocycles. The molecule has 0 bridgehead atoms. The number of nitro benzene ring substituents is 1. The maximum absolute atomic E-state index is 11.9. The van der Waals surface area contributed by atoms with Gasteiger partial charge in [0.15, 0.2) is 0 Å². The Balaban J connectivity index is 1.92. The Kier molecular flexibility index (Phi) is 5.43. The van der Waals surface area contributed by atoms with Crippen LogP contribution in [0.25, 0.3) is 0 Å². The van der Waals surface area contributed by atoms with Crippen molar-refractivity contribution in [2.45, 2.75) is 46.6 Å². The van der Waals surface area contributed by atoms with Crippen molar-refractivity contribution in [2.75, 3.05) is 18.4 Å². The first kappa shape index (κ1) is 18.2. The van der Waals surface area contributed by atoms with Gasteiger partial charge in [-0.3, -0.25) is 10.1 Å². The molecular weight excluding hydrogens is 310 g/mol. The summed E-state index contributed by atoms with van der Waals surface area (Å²) in [4.78, 5) is 28.1. The van der Waals surface area contributed by atoms with Crippen LogP contribution in [0.1, 0.15) is 39.2 Å². The Bertz CT molecular complexity index is 617. The molecule has 24 heavy (non-hydrogen) atoms. The van der Waals surface area contributed by atoms with Gasteiger partial charge in [0.1, 0.15) is 5.69 Å². The van der Waals surface area contributed by atoms with E-state index in [1.54, 1.807) is 17.2 Å². The Morgan fingerprint density at radius 3 is 2.50 bits per heavy atom. The van der Waals surface area contributed by atoms with Gasteiger partial charge >= 0.3 is 5.97 Å². The molecule has 7 heteroatoms. The van der Waals surface area contributed by atoms with Crippen LogP contribution >= 0.6 is 0 Å². The number of hydrogen-bond acceptors (Lipinski definition) is 6. The second kappa shape index (κ2) is 7.17. The fraction of sp³-hybridized carbons (Fsp3) is 0.588. The van der Waals surface area contributed by atoms with E-state index in [0.717, 1.165) is 18.4 Å². The van der Waals surface area contributed by atoms with Crippen LogP contribution in [-0.4, -0.2) is 35.1 Å². The molecule has 2 rings (SSSR count). The topological polar surface area (TPSA) is 84.7 Å². The van der Waals surface area contributed by atoms with Crippen molar-refractivity contribution < 1.29 is 14.6 Å². The zero-order chi connectivity index (χ0) is 17.9. The minimum absolute atomic E-state index is 0.0941. The van der Waals surface area contributed by atoms with E-state index in [-0.39, 0.29) is 22.6 Å². The Morgan fingerprint density at radius 1 is 1.33 bits per heavy atom. The molecule has 1 fully saturated rings. The molecule has 1 aliphatic rings. The van der Waals surface area contributed by atoms with Gasteiger partial charge < -0.3 is 10.2 Å². The van der Waals surface area contributed by atoms with Gasteiger partial charge in [-0.25, -0.2) is 4.79 Å². The van der Waals surface area contributed by atoms with E-state index in [0.29, 0.717) is 18.8 Å². The van der Waals surface area contributed by atoms with Crippen LogP contribution in [0.15, 0.2) is 18.2 Å². The highest BCUT2D eigenvalue weighted by Gasteiger charge is 2.29. The average Bonchev–Trinajstić information content (AvgIpc) is 2.49. The van der Waals surface area contributed by atoms with Crippen molar-refractivity contribution in [1.82, 2.24) is 5.06 Å². The number of carbonyl (C=O) groups excluding carboxylic acids is 1. The molecular formula is C17H25N3O4. The Labute approximate surface area is 142 Å². The Hall–Kier alpha value is -2.15. The summed E-state index contributed by atoms with van der Waals surface area (Å²) >= 11 is 0. The lowest BCUT2D eigenvalue weighted by Gasteiger charge is -2.32. The summed E-state index contributed by atoms with van der Waals surface area (Å²) in [5.74, 6) is -0.247. The minimum Gasteiger partial charge on any atom is -0.377 e. The molecule has 0 radical (unpaired) electrons. The molecule has 1 aromatic rings. The van der Waals surface area contributed by atoms with Gasteiger partial charge in [-0.1, -0.05) is 6.07 Å². The van der Waals surface area contributed by atoms with Gasteiger partial charge in [-0.2, -0.15) is 0 Å². The van der Waals surface area contributed by atoms with Crippen LogP contribution in [0.3, 0.4) is 0 Å². The summed E-state index contributed by atoms with van der Waals surface area (Å²) in [5.41, 5.74) is 0.959. The van der Waals surface area contributed by atoms with Crippen LogP contribution < -0.4 is 5.32 Å². The number of anilines is 1. The molecule has 0 spiro atoms. The van der Waals surface area contributed by atoms with Crippen molar-refractivity contribution in [3.05, 3.63) is 33.9 Å². The number of nitrogens with one attached hydrogen (secondary N) is 1. The third-order valence-electron chi connectivity index (χ3n) is 3.99. The van der Waals surface area contributed by atoms with Crippen molar-refractivity contribution in [2.24, 2.45) is 5.41 Å². The highest BCUT2D eigenvalue weighted by atomic mass is 16.7. The van der Waals surface area contributed by atoms with Crippen molar-refractivity contribution in [3.63, 3.8) is 0 Å². The fourth-order valence-corrected chi connectivity index (χ4v) is 2.48. The third kappa shape index (κ3) is 4.67. The molecule has 0 aliphatic carbocycles. The van der Waals surface area contributed by atoms with Gasteiger partial charge in [0.2, 0.25) is 0 Å². The summed E-state index contributed by atoms with van der Waals surface area (Å²) in [7, 11) is 0. The zero-order valence-electron chi connectivity index (χ0n) is 14.7. The quantitative estimate of drug-likeness (QED) is 0.671. The second-order valence-corrected chi connectivity index (χ2v) is 7.25. The molecule has 0 atom stereocenters. The lowest BCUT2D eigenvalue weighted by Crippen LogP contribution is -2.42. The van der Waals surface area contributed by atoms with E-state index >= 15 is 0 Å². The highest BCUT2D eigenvalue weighted by Crippen LogP contribution is 2.28. The number of aryl methyl sites for hydroxylation is 1. The maximum Gasteiger partial charge on any atom is 0.330 e. The SMILES string of the molecule is Cc1ccc(NC2CCN(OC(=O)C(C)(C)C)CC2)c([N+](=O)[O-])c1. The van der Waals surface area contributed by atoms with Crippen molar-refractivity contribution >= 4 is 17.3 Å². The lowest BCUT2D eigenvalue weighted by molar-refractivity contribution is -0.384. The normalized spacial score (nSPS) is 16.7. The van der Waals surface area contributed by atoms with Crippen LogP contribution in [0.5, 0.6) is 0 Å². The molecule has 7 nitrogen and oxygen atoms in total. The first-order valence-electron chi connectivity index (χ1n) is 8.16. The Morgan fingerprint density at radius 2 is 1.96 bits per heavy atom. The average molecular weight is 335 g/mol. The molecule has 0 saturated carbocycles. The smallest absolute Gasteiger partial charge is 0.330 e. The van der Waals surface area contributed by atoms with Crippen LogP contribution in [-0.2, 0) is 9.63 Å². The largest absolute Gasteiger partial charge is 0.377 e. The molecule has 0 aromatic heterocycles. The molecule has 1 saturated heterocycles. The molecule has 1 aromatic carbocycles. The zero-order valence-corrected chi connectivity index (χ0v) is 14.7. The first-order chi connectivity index (χ1) is 11.2. The molecule has 1 N–H and O–H groups in total. The first-order valence-corrected chi connectivity index (χ1v) is 8.16. The number of carbonyl (C=O) groups is 1. The summed E-state index contributed by atoms with van der Waals surface area (Å²) in [6.45, 7) is 8.51. The summed E-state index contributed by atoms with van der Waals surface area (Å²) in [6, 6.07) is 5.30. The van der Waals surface area contributed by atoms with E-state index in [1.165, 1.54) is 0 Å². The highest BCUT2D eigenvalue weighted by molar-refractivity contribution is 5.75. The number of hydroxylamine groups is 2.